The van der Waals surface area contributed by atoms with Gasteiger partial charge in [0.1, 0.15) is 23.8 Å². The van der Waals surface area contributed by atoms with Crippen LogP contribution in [0.4, 0.5) is 20.4 Å². The van der Waals surface area contributed by atoms with Gasteiger partial charge in [0.15, 0.2) is 11.6 Å². The molecule has 0 radical (unpaired) electrons. The number of hydrogen-bond acceptors (Lipinski definition) is 9. The third kappa shape index (κ3) is 4.84. The topological polar surface area (TPSA) is 144 Å². The van der Waals surface area contributed by atoms with Crippen molar-refractivity contribution in [2.45, 2.75) is 31.8 Å². The maximum absolute atomic E-state index is 14.9. The Bertz CT molecular complexity index is 1670. The van der Waals surface area contributed by atoms with Crippen LogP contribution in [-0.4, -0.2) is 45.4 Å². The fraction of sp³-hybridized carbons (Fsp3) is 0.296. The smallest absolute Gasteiger partial charge is 0.263 e. The van der Waals surface area contributed by atoms with E-state index in [-0.39, 0.29) is 40.1 Å². The lowest BCUT2D eigenvalue weighted by Gasteiger charge is -2.29. The third-order valence-electron chi connectivity index (χ3n) is 6.98. The summed E-state index contributed by atoms with van der Waals surface area (Å²) in [7, 11) is 1.22. The Kier molecular flexibility index (Phi) is 7.63. The van der Waals surface area contributed by atoms with Gasteiger partial charge in [-0.3, -0.25) is 14.8 Å². The molecule has 5 rings (SSSR count). The highest BCUT2D eigenvalue weighted by atomic mass is 35.5. The Hall–Kier alpha value is -4.16. The van der Waals surface area contributed by atoms with Gasteiger partial charge in [0.05, 0.1) is 40.4 Å². The Morgan fingerprint density at radius 3 is 2.70 bits per heavy atom. The number of piperidine rings is 1. The quantitative estimate of drug-likeness (QED) is 0.243. The number of benzene rings is 2. The van der Waals surface area contributed by atoms with Gasteiger partial charge in [-0.25, -0.2) is 19.3 Å². The Balaban J connectivity index is 1.60. The van der Waals surface area contributed by atoms with Gasteiger partial charge in [0.25, 0.3) is 5.56 Å². The molecule has 0 bridgehead atoms. The third-order valence-corrected chi connectivity index (χ3v) is 7.30. The number of hydrogen-bond donors (Lipinski definition) is 4. The maximum atomic E-state index is 14.9. The number of nitrogens with two attached hydrogens (primary N) is 1. The molecule has 0 spiro atoms. The number of anilines is 2. The van der Waals surface area contributed by atoms with E-state index >= 15 is 0 Å². The Labute approximate surface area is 233 Å². The zero-order valence-corrected chi connectivity index (χ0v) is 22.5. The van der Waals surface area contributed by atoms with Gasteiger partial charge in [-0.2, -0.15) is 4.39 Å². The average Bonchev–Trinajstić information content (AvgIpc) is 2.94. The summed E-state index contributed by atoms with van der Waals surface area (Å²) in [6, 6.07) is 6.80. The summed E-state index contributed by atoms with van der Waals surface area (Å²) >= 11 is 6.41. The molecule has 1 fully saturated rings. The van der Waals surface area contributed by atoms with Crippen molar-refractivity contribution in [3.8, 4) is 5.75 Å². The number of nitrogen functional groups attached to an aromatic ring is 1. The second kappa shape index (κ2) is 11.1. The van der Waals surface area contributed by atoms with Crippen LogP contribution in [0.25, 0.3) is 10.9 Å². The minimum absolute atomic E-state index is 0.0302. The number of nitrogens with zero attached hydrogens (tertiary/aromatic N) is 4. The molecule has 1 aliphatic rings. The van der Waals surface area contributed by atoms with Crippen LogP contribution in [0.3, 0.4) is 0 Å². The molecule has 5 N–H and O–H groups in total. The standard InChI is InChI=1S/C27H27ClF2N8O2/c1-13(26-37-17-5-3-4-16(28)19(17)27(39)38(26)14-8-10-33-11-9-14)36-25-20(24(32)34-12-35-25)23(31)15-6-7-18(40-2)22(30)21(15)29/h3-7,12-14,31,33H,8-11H2,1-2H3,(H3,32,34,35,36). The van der Waals surface area contributed by atoms with E-state index < -0.39 is 23.4 Å². The molecule has 208 valence electrons. The van der Waals surface area contributed by atoms with Crippen molar-refractivity contribution in [3.63, 3.8) is 0 Å². The fourth-order valence-corrected chi connectivity index (χ4v) is 5.23. The van der Waals surface area contributed by atoms with Gasteiger partial charge < -0.3 is 21.1 Å². The van der Waals surface area contributed by atoms with E-state index in [1.165, 1.54) is 25.6 Å². The summed E-state index contributed by atoms with van der Waals surface area (Å²) in [4.78, 5) is 26.8. The summed E-state index contributed by atoms with van der Waals surface area (Å²) in [5, 5.41) is 15.8. The molecule has 1 atom stereocenters. The van der Waals surface area contributed by atoms with Crippen LogP contribution in [0.1, 0.15) is 48.8 Å². The highest BCUT2D eigenvalue weighted by Crippen LogP contribution is 2.31. The maximum Gasteiger partial charge on any atom is 0.263 e. The highest BCUT2D eigenvalue weighted by Gasteiger charge is 2.27. The minimum Gasteiger partial charge on any atom is -0.494 e. The zero-order valence-electron chi connectivity index (χ0n) is 21.8. The van der Waals surface area contributed by atoms with Crippen molar-refractivity contribution in [1.29, 1.82) is 5.41 Å². The summed E-state index contributed by atoms with van der Waals surface area (Å²) in [5.74, 6) is -2.37. The largest absolute Gasteiger partial charge is 0.494 e. The Morgan fingerprint density at radius 1 is 1.23 bits per heavy atom. The van der Waals surface area contributed by atoms with Crippen LogP contribution < -0.4 is 26.7 Å². The molecule has 1 unspecified atom stereocenters. The first-order valence-corrected chi connectivity index (χ1v) is 13.0. The minimum atomic E-state index is -1.26. The zero-order chi connectivity index (χ0) is 28.6. The van der Waals surface area contributed by atoms with Crippen molar-refractivity contribution in [3.05, 3.63) is 80.6 Å². The van der Waals surface area contributed by atoms with Gasteiger partial charge in [-0.1, -0.05) is 17.7 Å². The fourth-order valence-electron chi connectivity index (χ4n) is 4.98. The lowest BCUT2D eigenvalue weighted by atomic mass is 10.0. The molecule has 0 aliphatic carbocycles. The molecule has 2 aromatic heterocycles. The van der Waals surface area contributed by atoms with E-state index in [0.717, 1.165) is 25.9 Å². The first kappa shape index (κ1) is 27.4. The molecule has 1 aliphatic heterocycles. The van der Waals surface area contributed by atoms with E-state index in [4.69, 9.17) is 32.5 Å². The van der Waals surface area contributed by atoms with Gasteiger partial charge >= 0.3 is 0 Å². The summed E-state index contributed by atoms with van der Waals surface area (Å²) in [5.41, 5.74) is 5.50. The first-order chi connectivity index (χ1) is 19.2. The van der Waals surface area contributed by atoms with Crippen molar-refractivity contribution in [1.82, 2.24) is 24.8 Å². The molecule has 0 amide bonds. The first-order valence-electron chi connectivity index (χ1n) is 12.6. The van der Waals surface area contributed by atoms with Crippen LogP contribution in [0.2, 0.25) is 5.02 Å². The number of nitrogens with one attached hydrogen (secondary N) is 3. The second-order valence-electron chi connectivity index (χ2n) is 9.43. The molecule has 4 aromatic rings. The second-order valence-corrected chi connectivity index (χ2v) is 9.83. The van der Waals surface area contributed by atoms with Crippen LogP contribution >= 0.6 is 11.6 Å². The van der Waals surface area contributed by atoms with E-state index in [2.05, 4.69) is 20.6 Å². The van der Waals surface area contributed by atoms with Crippen molar-refractivity contribution < 1.29 is 13.5 Å². The highest BCUT2D eigenvalue weighted by molar-refractivity contribution is 6.35. The molecular formula is C27H27ClF2N8O2. The molecule has 2 aromatic carbocycles. The van der Waals surface area contributed by atoms with E-state index in [9.17, 15) is 13.6 Å². The molecule has 0 saturated carbocycles. The van der Waals surface area contributed by atoms with Crippen LogP contribution in [-0.2, 0) is 0 Å². The summed E-state index contributed by atoms with van der Waals surface area (Å²) < 4.78 is 35.9. The van der Waals surface area contributed by atoms with Crippen LogP contribution in [0.5, 0.6) is 5.75 Å². The number of rotatable bonds is 7. The normalized spacial score (nSPS) is 14.7. The van der Waals surface area contributed by atoms with Gasteiger partial charge in [0.2, 0.25) is 5.82 Å². The number of aromatic nitrogens is 4. The van der Waals surface area contributed by atoms with Crippen molar-refractivity contribution in [2.75, 3.05) is 31.2 Å². The summed E-state index contributed by atoms with van der Waals surface area (Å²) in [6.07, 6.45) is 2.63. The monoisotopic (exact) mass is 568 g/mol. The van der Waals surface area contributed by atoms with E-state index in [0.29, 0.717) is 21.7 Å². The number of methoxy groups -OCH3 is 1. The lowest BCUT2D eigenvalue weighted by Crippen LogP contribution is -2.37. The molecular weight excluding hydrogens is 542 g/mol. The van der Waals surface area contributed by atoms with Gasteiger partial charge in [-0.05, 0) is 57.1 Å². The van der Waals surface area contributed by atoms with Gasteiger partial charge in [-0.15, -0.1) is 0 Å². The molecule has 40 heavy (non-hydrogen) atoms. The van der Waals surface area contributed by atoms with E-state index in [1.54, 1.807) is 29.7 Å². The average molecular weight is 569 g/mol. The molecule has 10 nitrogen and oxygen atoms in total. The number of fused-ring (bicyclic) bond motifs is 1. The predicted molar refractivity (Wildman–Crippen MR) is 149 cm³/mol. The van der Waals surface area contributed by atoms with Crippen molar-refractivity contribution in [2.24, 2.45) is 0 Å². The predicted octanol–water partition coefficient (Wildman–Crippen LogP) is 4.22. The molecule has 1 saturated heterocycles. The molecule has 3 heterocycles. The van der Waals surface area contributed by atoms with Crippen LogP contribution in [0.15, 0.2) is 41.5 Å². The van der Waals surface area contributed by atoms with Gasteiger partial charge in [0, 0.05) is 11.6 Å². The number of ether oxygens (including phenoxy) is 1. The summed E-state index contributed by atoms with van der Waals surface area (Å²) in [6.45, 7) is 3.27. The number of halogens is 3. The van der Waals surface area contributed by atoms with Crippen LogP contribution in [0, 0.1) is 17.0 Å². The van der Waals surface area contributed by atoms with Crippen molar-refractivity contribution >= 4 is 39.9 Å². The SMILES string of the molecule is COc1ccc(C(=N)c2c(N)ncnc2NC(C)c2nc3cccc(Cl)c3c(=O)n2C2CCNCC2)c(F)c1F. The van der Waals surface area contributed by atoms with E-state index in [1.807, 2.05) is 0 Å². The molecule has 13 heteroatoms. The lowest BCUT2D eigenvalue weighted by molar-refractivity contribution is 0.347. The Morgan fingerprint density at radius 2 is 1.98 bits per heavy atom.